The monoisotopic (exact) mass is 246 g/mol. The minimum Gasteiger partial charge on any atom is -0.488 e. The summed E-state index contributed by atoms with van der Waals surface area (Å²) >= 11 is 0. The van der Waals surface area contributed by atoms with Crippen LogP contribution in [0.1, 0.15) is 16.7 Å². The van der Waals surface area contributed by atoms with E-state index in [1.165, 1.54) is 12.3 Å². The highest BCUT2D eigenvalue weighted by molar-refractivity contribution is 5.56. The number of pyridine rings is 1. The van der Waals surface area contributed by atoms with Crippen molar-refractivity contribution < 1.29 is 9.13 Å². The number of nitrogens with zero attached hydrogens (tertiary/aromatic N) is 1. The number of nitrogen functional groups attached to an aromatic ring is 1. The zero-order valence-corrected chi connectivity index (χ0v) is 10.4. The Hall–Kier alpha value is -2.10. The van der Waals surface area contributed by atoms with Gasteiger partial charge in [-0.15, -0.1) is 0 Å². The Balaban J connectivity index is 2.18. The van der Waals surface area contributed by atoms with Crippen molar-refractivity contribution in [3.05, 3.63) is 53.1 Å². The fraction of sp³-hybridized carbons (Fsp3) is 0.214. The van der Waals surface area contributed by atoms with Crippen molar-refractivity contribution in [2.75, 3.05) is 5.73 Å². The second kappa shape index (κ2) is 5.04. The molecule has 18 heavy (non-hydrogen) atoms. The third-order valence-electron chi connectivity index (χ3n) is 2.79. The maximum absolute atomic E-state index is 13.0. The number of hydrogen-bond donors (Lipinski definition) is 1. The summed E-state index contributed by atoms with van der Waals surface area (Å²) in [5.41, 5.74) is 9.12. The van der Waals surface area contributed by atoms with E-state index in [0.717, 1.165) is 16.9 Å². The molecule has 0 radical (unpaired) electrons. The van der Waals surface area contributed by atoms with Crippen molar-refractivity contribution in [3.63, 3.8) is 0 Å². The smallest absolute Gasteiger partial charge is 0.141 e. The van der Waals surface area contributed by atoms with Crippen LogP contribution in [0.4, 0.5) is 10.1 Å². The van der Waals surface area contributed by atoms with E-state index in [2.05, 4.69) is 4.98 Å². The number of nitrogens with two attached hydrogens (primary N) is 1. The molecule has 94 valence electrons. The molecule has 2 aromatic rings. The van der Waals surface area contributed by atoms with Crippen LogP contribution in [0.15, 0.2) is 30.6 Å². The maximum atomic E-state index is 13.0. The van der Waals surface area contributed by atoms with Gasteiger partial charge in [-0.3, -0.25) is 4.98 Å². The van der Waals surface area contributed by atoms with Crippen LogP contribution < -0.4 is 10.5 Å². The molecule has 0 fully saturated rings. The van der Waals surface area contributed by atoms with Crippen molar-refractivity contribution in [2.45, 2.75) is 20.5 Å². The van der Waals surface area contributed by atoms with E-state index in [1.807, 2.05) is 26.0 Å². The number of ether oxygens (including phenoxy) is 1. The topological polar surface area (TPSA) is 48.1 Å². The Morgan fingerprint density at radius 1 is 1.28 bits per heavy atom. The lowest BCUT2D eigenvalue weighted by atomic mass is 10.1. The number of aryl methyl sites for hydroxylation is 1. The van der Waals surface area contributed by atoms with E-state index in [0.29, 0.717) is 11.3 Å². The summed E-state index contributed by atoms with van der Waals surface area (Å²) in [7, 11) is 0. The Kier molecular flexibility index (Phi) is 3.46. The fourth-order valence-electron chi connectivity index (χ4n) is 1.75. The second-order valence-corrected chi connectivity index (χ2v) is 4.23. The van der Waals surface area contributed by atoms with E-state index in [-0.39, 0.29) is 12.4 Å². The van der Waals surface area contributed by atoms with Crippen LogP contribution in [-0.4, -0.2) is 4.98 Å². The number of anilines is 1. The van der Waals surface area contributed by atoms with Gasteiger partial charge in [0.25, 0.3) is 0 Å². The van der Waals surface area contributed by atoms with E-state index in [9.17, 15) is 4.39 Å². The standard InChI is InChI=1S/C14H15FN2O/c1-9-3-4-13(16)10(2)14(9)18-8-11-5-12(15)7-17-6-11/h3-7H,8,16H2,1-2H3. The van der Waals surface area contributed by atoms with Gasteiger partial charge in [0, 0.05) is 23.0 Å². The normalized spacial score (nSPS) is 10.4. The third-order valence-corrected chi connectivity index (χ3v) is 2.79. The molecular weight excluding hydrogens is 231 g/mol. The molecule has 0 bridgehead atoms. The molecule has 0 saturated heterocycles. The third kappa shape index (κ3) is 2.59. The summed E-state index contributed by atoms with van der Waals surface area (Å²) in [6.07, 6.45) is 2.75. The molecule has 0 unspecified atom stereocenters. The van der Waals surface area contributed by atoms with Gasteiger partial charge in [0.2, 0.25) is 0 Å². The predicted molar refractivity (Wildman–Crippen MR) is 68.9 cm³/mol. The molecule has 0 spiro atoms. The first kappa shape index (κ1) is 12.4. The van der Waals surface area contributed by atoms with Crippen LogP contribution in [0.25, 0.3) is 0 Å². The lowest BCUT2D eigenvalue weighted by molar-refractivity contribution is 0.301. The van der Waals surface area contributed by atoms with Crippen LogP contribution in [-0.2, 0) is 6.61 Å². The molecule has 0 aliphatic heterocycles. The summed E-state index contributed by atoms with van der Waals surface area (Å²) in [6.45, 7) is 4.13. The maximum Gasteiger partial charge on any atom is 0.141 e. The van der Waals surface area contributed by atoms with Gasteiger partial charge in [-0.05, 0) is 31.5 Å². The summed E-state index contributed by atoms with van der Waals surface area (Å²) in [5.74, 6) is 0.386. The predicted octanol–water partition coefficient (Wildman–Crippen LogP) is 3.00. The van der Waals surface area contributed by atoms with Gasteiger partial charge in [0.15, 0.2) is 0 Å². The molecule has 2 N–H and O–H groups in total. The zero-order chi connectivity index (χ0) is 13.1. The van der Waals surface area contributed by atoms with Crippen molar-refractivity contribution >= 4 is 5.69 Å². The van der Waals surface area contributed by atoms with Crippen LogP contribution >= 0.6 is 0 Å². The number of aromatic nitrogens is 1. The molecule has 3 nitrogen and oxygen atoms in total. The first-order chi connectivity index (χ1) is 8.58. The van der Waals surface area contributed by atoms with E-state index >= 15 is 0 Å². The van der Waals surface area contributed by atoms with Crippen molar-refractivity contribution in [1.82, 2.24) is 4.98 Å². The molecule has 1 heterocycles. The SMILES string of the molecule is Cc1ccc(N)c(C)c1OCc1cncc(F)c1. The zero-order valence-electron chi connectivity index (χ0n) is 10.4. The summed E-state index contributed by atoms with van der Waals surface area (Å²) in [5, 5.41) is 0. The van der Waals surface area contributed by atoms with Crippen molar-refractivity contribution in [2.24, 2.45) is 0 Å². The number of benzene rings is 1. The molecule has 2 rings (SSSR count). The lowest BCUT2D eigenvalue weighted by Gasteiger charge is -2.13. The second-order valence-electron chi connectivity index (χ2n) is 4.23. The Labute approximate surface area is 105 Å². The number of hydrogen-bond acceptors (Lipinski definition) is 3. The highest BCUT2D eigenvalue weighted by Crippen LogP contribution is 2.28. The molecule has 0 aliphatic rings. The molecule has 1 aromatic carbocycles. The minimum absolute atomic E-state index is 0.274. The number of halogens is 1. The Bertz CT molecular complexity index is 570. The van der Waals surface area contributed by atoms with Gasteiger partial charge in [-0.2, -0.15) is 0 Å². The molecule has 0 aliphatic carbocycles. The van der Waals surface area contributed by atoms with E-state index < -0.39 is 0 Å². The Morgan fingerprint density at radius 3 is 2.78 bits per heavy atom. The van der Waals surface area contributed by atoms with Crippen LogP contribution in [0.5, 0.6) is 5.75 Å². The van der Waals surface area contributed by atoms with Crippen LogP contribution in [0.2, 0.25) is 0 Å². The number of rotatable bonds is 3. The first-order valence-corrected chi connectivity index (χ1v) is 5.66. The fourth-order valence-corrected chi connectivity index (χ4v) is 1.75. The van der Waals surface area contributed by atoms with E-state index in [1.54, 1.807) is 6.20 Å². The average Bonchev–Trinajstić information content (AvgIpc) is 2.34. The molecule has 1 aromatic heterocycles. The van der Waals surface area contributed by atoms with Gasteiger partial charge in [-0.25, -0.2) is 4.39 Å². The summed E-state index contributed by atoms with van der Waals surface area (Å²) < 4.78 is 18.7. The lowest BCUT2D eigenvalue weighted by Crippen LogP contribution is -2.02. The van der Waals surface area contributed by atoms with Gasteiger partial charge in [0.05, 0.1) is 6.20 Å². The van der Waals surface area contributed by atoms with Gasteiger partial charge in [0.1, 0.15) is 18.2 Å². The van der Waals surface area contributed by atoms with Gasteiger partial charge >= 0.3 is 0 Å². The largest absolute Gasteiger partial charge is 0.488 e. The quantitative estimate of drug-likeness (QED) is 0.847. The van der Waals surface area contributed by atoms with Gasteiger partial charge in [-0.1, -0.05) is 6.07 Å². The van der Waals surface area contributed by atoms with Crippen molar-refractivity contribution in [3.8, 4) is 5.75 Å². The van der Waals surface area contributed by atoms with E-state index in [4.69, 9.17) is 10.5 Å². The first-order valence-electron chi connectivity index (χ1n) is 5.66. The average molecular weight is 246 g/mol. The van der Waals surface area contributed by atoms with Gasteiger partial charge < -0.3 is 10.5 Å². The molecule has 0 saturated carbocycles. The summed E-state index contributed by atoms with van der Waals surface area (Å²) in [6, 6.07) is 5.16. The van der Waals surface area contributed by atoms with Crippen LogP contribution in [0.3, 0.4) is 0 Å². The minimum atomic E-state index is -0.364. The Morgan fingerprint density at radius 2 is 2.06 bits per heavy atom. The molecule has 0 amide bonds. The van der Waals surface area contributed by atoms with Crippen LogP contribution in [0, 0.1) is 19.7 Å². The molecule has 0 atom stereocenters. The highest BCUT2D eigenvalue weighted by Gasteiger charge is 2.07. The van der Waals surface area contributed by atoms with Crippen molar-refractivity contribution in [1.29, 1.82) is 0 Å². The molecular formula is C14H15FN2O. The summed E-state index contributed by atoms with van der Waals surface area (Å²) in [4.78, 5) is 3.78. The highest BCUT2D eigenvalue weighted by atomic mass is 19.1. The molecule has 4 heteroatoms.